The molecule has 0 spiro atoms. The van der Waals surface area contributed by atoms with E-state index in [2.05, 4.69) is 5.32 Å². The van der Waals surface area contributed by atoms with Crippen LogP contribution in [0.1, 0.15) is 26.3 Å². The fourth-order valence-electron chi connectivity index (χ4n) is 3.25. The molecule has 2 aromatic carbocycles. The number of benzene rings is 2. The molecule has 0 fully saturated rings. The number of carbonyl (C=O) groups excluding carboxylic acids is 2. The van der Waals surface area contributed by atoms with Gasteiger partial charge in [-0.3, -0.25) is 14.5 Å². The second kappa shape index (κ2) is 10.1. The van der Waals surface area contributed by atoms with Crippen LogP contribution < -0.4 is 14.8 Å². The molecule has 1 aliphatic heterocycles. The quantitative estimate of drug-likeness (QED) is 0.586. The number of hydrogen-bond donors (Lipinski definition) is 1. The number of rotatable bonds is 10. The zero-order valence-electron chi connectivity index (χ0n) is 18.3. The monoisotopic (exact) mass is 424 g/mol. The Morgan fingerprint density at radius 2 is 1.58 bits per heavy atom. The van der Waals surface area contributed by atoms with Crippen molar-refractivity contribution in [3.05, 3.63) is 59.8 Å². The van der Waals surface area contributed by atoms with Crippen LogP contribution in [0.4, 0.5) is 5.69 Å². The van der Waals surface area contributed by atoms with E-state index >= 15 is 0 Å². The maximum atomic E-state index is 13.2. The van der Waals surface area contributed by atoms with E-state index in [1.54, 1.807) is 55.6 Å². The smallest absolute Gasteiger partial charge is 0.278 e. The van der Waals surface area contributed by atoms with E-state index in [-0.39, 0.29) is 36.8 Å². The molecule has 164 valence electrons. The Bertz CT molecular complexity index is 949. The minimum Gasteiger partial charge on any atom is -0.497 e. The normalized spacial score (nSPS) is 13.9. The number of imide groups is 1. The fraction of sp³-hybridized carbons (Fsp3) is 0.333. The van der Waals surface area contributed by atoms with E-state index in [4.69, 9.17) is 14.2 Å². The largest absolute Gasteiger partial charge is 0.497 e. The molecule has 0 aliphatic carbocycles. The van der Waals surface area contributed by atoms with Gasteiger partial charge < -0.3 is 19.5 Å². The van der Waals surface area contributed by atoms with E-state index in [0.717, 1.165) is 0 Å². The van der Waals surface area contributed by atoms with E-state index in [0.29, 0.717) is 34.9 Å². The van der Waals surface area contributed by atoms with Crippen molar-refractivity contribution in [2.24, 2.45) is 0 Å². The van der Waals surface area contributed by atoms with Gasteiger partial charge >= 0.3 is 0 Å². The van der Waals surface area contributed by atoms with Crippen LogP contribution in [0.15, 0.2) is 54.2 Å². The van der Waals surface area contributed by atoms with Crippen molar-refractivity contribution in [3.63, 3.8) is 0 Å². The Hall–Kier alpha value is -3.32. The maximum Gasteiger partial charge on any atom is 0.278 e. The summed E-state index contributed by atoms with van der Waals surface area (Å²) in [6, 6.07) is 14.3. The van der Waals surface area contributed by atoms with Gasteiger partial charge in [-0.15, -0.1) is 0 Å². The van der Waals surface area contributed by atoms with Crippen LogP contribution in [-0.4, -0.2) is 49.7 Å². The van der Waals surface area contributed by atoms with Gasteiger partial charge in [0, 0.05) is 5.69 Å². The van der Waals surface area contributed by atoms with Crippen LogP contribution in [0.5, 0.6) is 11.5 Å². The highest BCUT2D eigenvalue weighted by Gasteiger charge is 2.39. The highest BCUT2D eigenvalue weighted by atomic mass is 16.5. The lowest BCUT2D eigenvalue weighted by molar-refractivity contribution is -0.137. The van der Waals surface area contributed by atoms with Crippen molar-refractivity contribution < 1.29 is 23.8 Å². The molecule has 0 unspecified atom stereocenters. The molecule has 0 aromatic heterocycles. The first-order chi connectivity index (χ1) is 14.9. The van der Waals surface area contributed by atoms with E-state index < -0.39 is 0 Å². The number of hydrogen-bond acceptors (Lipinski definition) is 6. The van der Waals surface area contributed by atoms with Crippen LogP contribution >= 0.6 is 0 Å². The first-order valence-corrected chi connectivity index (χ1v) is 10.3. The van der Waals surface area contributed by atoms with Crippen molar-refractivity contribution >= 4 is 23.1 Å². The molecule has 1 N–H and O–H groups in total. The summed E-state index contributed by atoms with van der Waals surface area (Å²) in [5.41, 5.74) is 1.89. The zero-order chi connectivity index (χ0) is 22.4. The Morgan fingerprint density at radius 1 is 0.935 bits per heavy atom. The molecule has 7 heteroatoms. The fourth-order valence-corrected chi connectivity index (χ4v) is 3.25. The van der Waals surface area contributed by atoms with Crippen molar-refractivity contribution in [1.29, 1.82) is 0 Å². The molecule has 3 rings (SSSR count). The SMILES string of the molecule is CCOc1ccc(C2=C(Nc3ccc(OC)cc3)C(=O)N(CCOC(C)C)C2=O)cc1. The molecular formula is C24H28N2O5. The van der Waals surface area contributed by atoms with Gasteiger partial charge in [-0.2, -0.15) is 0 Å². The molecule has 0 saturated carbocycles. The summed E-state index contributed by atoms with van der Waals surface area (Å²) in [6.45, 7) is 6.74. The number of nitrogens with zero attached hydrogens (tertiary/aromatic N) is 1. The molecule has 2 aromatic rings. The van der Waals surface area contributed by atoms with Gasteiger partial charge in [-0.1, -0.05) is 12.1 Å². The lowest BCUT2D eigenvalue weighted by Crippen LogP contribution is -2.35. The summed E-state index contributed by atoms with van der Waals surface area (Å²) < 4.78 is 16.2. The first kappa shape index (κ1) is 22.4. The van der Waals surface area contributed by atoms with Crippen molar-refractivity contribution in [3.8, 4) is 11.5 Å². The van der Waals surface area contributed by atoms with Gasteiger partial charge in [0.05, 0.1) is 38.5 Å². The van der Waals surface area contributed by atoms with Gasteiger partial charge in [-0.25, -0.2) is 0 Å². The molecule has 2 amide bonds. The molecule has 0 radical (unpaired) electrons. The number of carbonyl (C=O) groups is 2. The van der Waals surface area contributed by atoms with E-state index in [1.165, 1.54) is 4.90 Å². The third-order valence-corrected chi connectivity index (χ3v) is 4.75. The van der Waals surface area contributed by atoms with Gasteiger partial charge in [0.15, 0.2) is 0 Å². The summed E-state index contributed by atoms with van der Waals surface area (Å²) in [7, 11) is 1.59. The molecule has 1 aliphatic rings. The number of ether oxygens (including phenoxy) is 3. The number of methoxy groups -OCH3 is 1. The molecule has 31 heavy (non-hydrogen) atoms. The van der Waals surface area contributed by atoms with E-state index in [9.17, 15) is 9.59 Å². The van der Waals surface area contributed by atoms with Gasteiger partial charge in [0.25, 0.3) is 11.8 Å². The van der Waals surface area contributed by atoms with Crippen LogP contribution in [-0.2, 0) is 14.3 Å². The lowest BCUT2D eigenvalue weighted by Gasteiger charge is -2.16. The molecule has 7 nitrogen and oxygen atoms in total. The highest BCUT2D eigenvalue weighted by Crippen LogP contribution is 2.31. The molecule has 0 atom stereocenters. The Morgan fingerprint density at radius 3 is 2.16 bits per heavy atom. The summed E-state index contributed by atoms with van der Waals surface area (Å²) in [5, 5.41) is 3.13. The summed E-state index contributed by atoms with van der Waals surface area (Å²) >= 11 is 0. The predicted octanol–water partition coefficient (Wildman–Crippen LogP) is 3.71. The lowest BCUT2D eigenvalue weighted by atomic mass is 10.0. The molecule has 0 saturated heterocycles. The van der Waals surface area contributed by atoms with Crippen LogP contribution in [0, 0.1) is 0 Å². The predicted molar refractivity (Wildman–Crippen MR) is 119 cm³/mol. The Balaban J connectivity index is 1.93. The highest BCUT2D eigenvalue weighted by molar-refractivity contribution is 6.36. The van der Waals surface area contributed by atoms with Crippen molar-refractivity contribution in [2.45, 2.75) is 26.9 Å². The second-order valence-corrected chi connectivity index (χ2v) is 7.24. The van der Waals surface area contributed by atoms with Crippen molar-refractivity contribution in [2.75, 3.05) is 32.2 Å². The molecule has 1 heterocycles. The molecular weight excluding hydrogens is 396 g/mol. The van der Waals surface area contributed by atoms with Crippen LogP contribution in [0.25, 0.3) is 5.57 Å². The van der Waals surface area contributed by atoms with Gasteiger partial charge in [0.2, 0.25) is 0 Å². The van der Waals surface area contributed by atoms with Gasteiger partial charge in [0.1, 0.15) is 17.2 Å². The topological polar surface area (TPSA) is 77.1 Å². The van der Waals surface area contributed by atoms with Crippen LogP contribution in [0.3, 0.4) is 0 Å². The first-order valence-electron chi connectivity index (χ1n) is 10.3. The third kappa shape index (κ3) is 5.24. The summed E-state index contributed by atoms with van der Waals surface area (Å²) in [6.07, 6.45) is 0.0169. The maximum absolute atomic E-state index is 13.2. The third-order valence-electron chi connectivity index (χ3n) is 4.75. The standard InChI is InChI=1S/C24H28N2O5/c1-5-30-20-10-6-17(7-11-20)21-22(25-18-8-12-19(29-4)13-9-18)24(28)26(23(21)27)14-15-31-16(2)3/h6-13,16,25H,5,14-15H2,1-4H3. The Labute approximate surface area is 182 Å². The van der Waals surface area contributed by atoms with Crippen LogP contribution in [0.2, 0.25) is 0 Å². The average molecular weight is 424 g/mol. The van der Waals surface area contributed by atoms with Crippen molar-refractivity contribution in [1.82, 2.24) is 4.90 Å². The minimum absolute atomic E-state index is 0.0169. The Kier molecular flexibility index (Phi) is 7.31. The minimum atomic E-state index is -0.378. The zero-order valence-corrected chi connectivity index (χ0v) is 18.3. The number of anilines is 1. The average Bonchev–Trinajstić information content (AvgIpc) is 2.99. The molecule has 0 bridgehead atoms. The second-order valence-electron chi connectivity index (χ2n) is 7.24. The number of amides is 2. The summed E-state index contributed by atoms with van der Waals surface area (Å²) in [5.74, 6) is 0.678. The van der Waals surface area contributed by atoms with Gasteiger partial charge in [-0.05, 0) is 62.7 Å². The van der Waals surface area contributed by atoms with E-state index in [1.807, 2.05) is 20.8 Å². The number of nitrogens with one attached hydrogen (secondary N) is 1. The summed E-state index contributed by atoms with van der Waals surface area (Å²) in [4.78, 5) is 27.6.